The van der Waals surface area contributed by atoms with Gasteiger partial charge in [-0.2, -0.15) is 0 Å². The molecule has 1 aromatic heterocycles. The number of carboxylic acid groups (broad SMARTS) is 1. The highest BCUT2D eigenvalue weighted by Crippen LogP contribution is 2.34. The Balaban J connectivity index is 2.16. The number of nitrogens with zero attached hydrogens (tertiary/aromatic N) is 1. The Morgan fingerprint density at radius 3 is 2.81 bits per heavy atom. The summed E-state index contributed by atoms with van der Waals surface area (Å²) in [6.07, 6.45) is 3.85. The van der Waals surface area contributed by atoms with E-state index in [0.717, 1.165) is 23.0 Å². The molecule has 0 atom stereocenters. The van der Waals surface area contributed by atoms with Crippen LogP contribution in [0.5, 0.6) is 0 Å². The molecule has 1 saturated heterocycles. The Morgan fingerprint density at radius 1 is 1.62 bits per heavy atom. The van der Waals surface area contributed by atoms with Crippen molar-refractivity contribution in [2.75, 3.05) is 13.1 Å². The van der Waals surface area contributed by atoms with E-state index in [0.29, 0.717) is 19.3 Å². The number of carboxylic acids is 1. The fourth-order valence-corrected chi connectivity index (χ4v) is 3.13. The van der Waals surface area contributed by atoms with Crippen LogP contribution in [0.25, 0.3) is 0 Å². The van der Waals surface area contributed by atoms with Crippen LogP contribution in [0.1, 0.15) is 22.7 Å². The van der Waals surface area contributed by atoms with Gasteiger partial charge in [-0.05, 0) is 39.3 Å². The minimum Gasteiger partial charge on any atom is -0.481 e. The topological polar surface area (TPSA) is 62.2 Å². The second-order valence-corrected chi connectivity index (χ2v) is 5.68. The maximum absolute atomic E-state index is 11.4. The number of aliphatic carboxylic acids is 1. The number of aryl methyl sites for hydroxylation is 1. The van der Waals surface area contributed by atoms with Gasteiger partial charge in [0.2, 0.25) is 0 Å². The summed E-state index contributed by atoms with van der Waals surface area (Å²) in [4.78, 5) is 16.7. The highest BCUT2D eigenvalue weighted by Gasteiger charge is 2.40. The average molecular weight is 240 g/mol. The van der Waals surface area contributed by atoms with Crippen molar-refractivity contribution in [2.24, 2.45) is 5.41 Å². The van der Waals surface area contributed by atoms with Crippen LogP contribution in [-0.2, 0) is 11.2 Å². The van der Waals surface area contributed by atoms with Crippen LogP contribution in [0.3, 0.4) is 0 Å². The molecular weight excluding hydrogens is 224 g/mol. The van der Waals surface area contributed by atoms with Crippen LogP contribution in [-0.4, -0.2) is 29.1 Å². The summed E-state index contributed by atoms with van der Waals surface area (Å²) in [7, 11) is 0. The maximum Gasteiger partial charge on any atom is 0.310 e. The molecule has 2 N–H and O–H groups in total. The molecule has 0 aromatic carbocycles. The first-order valence-electron chi connectivity index (χ1n) is 5.48. The number of carbonyl (C=O) groups is 1. The Morgan fingerprint density at radius 2 is 2.31 bits per heavy atom. The lowest BCUT2D eigenvalue weighted by Crippen LogP contribution is -2.43. The first kappa shape index (κ1) is 11.5. The lowest BCUT2D eigenvalue weighted by molar-refractivity contribution is -0.150. The molecule has 1 aromatic rings. The van der Waals surface area contributed by atoms with Crippen LogP contribution >= 0.6 is 11.3 Å². The minimum absolute atomic E-state index is 0.579. The second kappa shape index (κ2) is 4.51. The van der Waals surface area contributed by atoms with Gasteiger partial charge in [0.25, 0.3) is 0 Å². The summed E-state index contributed by atoms with van der Waals surface area (Å²) in [5, 5.41) is 13.6. The van der Waals surface area contributed by atoms with Crippen molar-refractivity contribution in [1.82, 2.24) is 10.3 Å². The molecule has 0 spiro atoms. The van der Waals surface area contributed by atoms with Crippen molar-refractivity contribution >= 4 is 17.3 Å². The van der Waals surface area contributed by atoms with Crippen molar-refractivity contribution < 1.29 is 9.90 Å². The number of rotatable bonds is 3. The molecule has 16 heavy (non-hydrogen) atoms. The normalized spacial score (nSPS) is 19.6. The average Bonchev–Trinajstić information content (AvgIpc) is 2.65. The lowest BCUT2D eigenvalue weighted by Gasteiger charge is -2.33. The number of hydrogen-bond acceptors (Lipinski definition) is 4. The van der Waals surface area contributed by atoms with Gasteiger partial charge in [-0.15, -0.1) is 11.3 Å². The predicted octanol–water partition coefficient (Wildman–Crippen LogP) is 1.45. The summed E-state index contributed by atoms with van der Waals surface area (Å²) >= 11 is 1.60. The number of hydrogen-bond donors (Lipinski definition) is 2. The highest BCUT2D eigenvalue weighted by atomic mass is 32.1. The zero-order valence-corrected chi connectivity index (χ0v) is 10.1. The Hall–Kier alpha value is -0.940. The van der Waals surface area contributed by atoms with E-state index < -0.39 is 11.4 Å². The third kappa shape index (κ3) is 2.25. The molecule has 2 rings (SSSR count). The molecule has 88 valence electrons. The summed E-state index contributed by atoms with van der Waals surface area (Å²) in [6, 6.07) is 0. The number of aromatic nitrogens is 1. The van der Waals surface area contributed by atoms with Crippen LogP contribution in [0.4, 0.5) is 0 Å². The maximum atomic E-state index is 11.4. The van der Waals surface area contributed by atoms with Crippen molar-refractivity contribution in [3.63, 3.8) is 0 Å². The van der Waals surface area contributed by atoms with Gasteiger partial charge >= 0.3 is 5.97 Å². The molecule has 0 unspecified atom stereocenters. The molecule has 0 saturated carbocycles. The van der Waals surface area contributed by atoms with Gasteiger partial charge in [-0.3, -0.25) is 4.79 Å². The van der Waals surface area contributed by atoms with Gasteiger partial charge in [-0.1, -0.05) is 0 Å². The molecule has 1 fully saturated rings. The molecule has 1 aliphatic rings. The number of thiazole rings is 1. The molecule has 0 radical (unpaired) electrons. The van der Waals surface area contributed by atoms with Crippen molar-refractivity contribution in [3.05, 3.63) is 16.1 Å². The summed E-state index contributed by atoms with van der Waals surface area (Å²) < 4.78 is 0. The highest BCUT2D eigenvalue weighted by molar-refractivity contribution is 7.11. The fourth-order valence-electron chi connectivity index (χ4n) is 2.19. The van der Waals surface area contributed by atoms with Crippen LogP contribution < -0.4 is 5.32 Å². The van der Waals surface area contributed by atoms with E-state index >= 15 is 0 Å². The molecule has 0 aliphatic carbocycles. The van der Waals surface area contributed by atoms with E-state index in [1.54, 1.807) is 11.3 Å². The number of piperidine rings is 1. The van der Waals surface area contributed by atoms with Gasteiger partial charge in [-0.25, -0.2) is 4.98 Å². The van der Waals surface area contributed by atoms with Gasteiger partial charge in [0.1, 0.15) is 0 Å². The molecule has 0 amide bonds. The third-order valence-corrected chi connectivity index (χ3v) is 4.11. The van der Waals surface area contributed by atoms with E-state index in [2.05, 4.69) is 10.3 Å². The lowest BCUT2D eigenvalue weighted by atomic mass is 9.76. The van der Waals surface area contributed by atoms with Gasteiger partial charge in [0.05, 0.1) is 10.4 Å². The van der Waals surface area contributed by atoms with Crippen molar-refractivity contribution in [3.8, 4) is 0 Å². The SMILES string of the molecule is Cc1ncc(CC2(C(=O)O)CCNCC2)s1. The zero-order valence-electron chi connectivity index (χ0n) is 9.32. The van der Waals surface area contributed by atoms with Crippen LogP contribution in [0, 0.1) is 12.3 Å². The smallest absolute Gasteiger partial charge is 0.310 e. The quantitative estimate of drug-likeness (QED) is 0.839. The van der Waals surface area contributed by atoms with E-state index in [-0.39, 0.29) is 0 Å². The first-order chi connectivity index (χ1) is 7.62. The monoisotopic (exact) mass is 240 g/mol. The minimum atomic E-state index is -0.667. The predicted molar refractivity (Wildman–Crippen MR) is 62.7 cm³/mol. The Bertz CT molecular complexity index is 383. The van der Waals surface area contributed by atoms with Crippen LogP contribution in [0.15, 0.2) is 6.20 Å². The van der Waals surface area contributed by atoms with E-state index in [1.165, 1.54) is 0 Å². The summed E-state index contributed by atoms with van der Waals surface area (Å²) in [5.74, 6) is -0.667. The molecule has 0 bridgehead atoms. The van der Waals surface area contributed by atoms with Gasteiger partial charge in [0, 0.05) is 11.1 Å². The molecular formula is C11H16N2O2S. The molecule has 4 nitrogen and oxygen atoms in total. The largest absolute Gasteiger partial charge is 0.481 e. The fraction of sp³-hybridized carbons (Fsp3) is 0.636. The molecule has 5 heteroatoms. The first-order valence-corrected chi connectivity index (χ1v) is 6.29. The number of nitrogens with one attached hydrogen (secondary N) is 1. The van der Waals surface area contributed by atoms with E-state index in [9.17, 15) is 9.90 Å². The third-order valence-electron chi connectivity index (χ3n) is 3.20. The standard InChI is InChI=1S/C11H16N2O2S/c1-8-13-7-9(16-8)6-11(10(14)15)2-4-12-5-3-11/h7,12H,2-6H2,1H3,(H,14,15). The molecule has 2 heterocycles. The summed E-state index contributed by atoms with van der Waals surface area (Å²) in [6.45, 7) is 3.54. The molecule has 1 aliphatic heterocycles. The van der Waals surface area contributed by atoms with Crippen molar-refractivity contribution in [1.29, 1.82) is 0 Å². The second-order valence-electron chi connectivity index (χ2n) is 4.36. The summed E-state index contributed by atoms with van der Waals surface area (Å²) in [5.41, 5.74) is -0.579. The van der Waals surface area contributed by atoms with Gasteiger partial charge < -0.3 is 10.4 Å². The van der Waals surface area contributed by atoms with Gasteiger partial charge in [0.15, 0.2) is 0 Å². The van der Waals surface area contributed by atoms with Crippen LogP contribution in [0.2, 0.25) is 0 Å². The Labute approximate surface area is 98.7 Å². The van der Waals surface area contributed by atoms with E-state index in [4.69, 9.17) is 0 Å². The van der Waals surface area contributed by atoms with E-state index in [1.807, 2.05) is 13.1 Å². The Kier molecular flexibility index (Phi) is 3.25. The van der Waals surface area contributed by atoms with Crippen molar-refractivity contribution in [2.45, 2.75) is 26.2 Å². The zero-order chi connectivity index (χ0) is 11.6.